The number of benzene rings is 1. The van der Waals surface area contributed by atoms with Gasteiger partial charge in [0.15, 0.2) is 0 Å². The van der Waals surface area contributed by atoms with Crippen LogP contribution >= 0.6 is 12.4 Å². The minimum absolute atomic E-state index is 0. The highest BCUT2D eigenvalue weighted by Gasteiger charge is 2.62. The maximum Gasteiger partial charge on any atom is 0.241 e. The molecule has 0 aromatic heterocycles. The van der Waals surface area contributed by atoms with Crippen molar-refractivity contribution < 1.29 is 14.3 Å². The molecular formula is C22H37ClN2O3. The highest BCUT2D eigenvalue weighted by Crippen LogP contribution is 2.50. The first kappa shape index (κ1) is 24.7. The fourth-order valence-electron chi connectivity index (χ4n) is 3.49. The van der Waals surface area contributed by atoms with E-state index in [0.717, 1.165) is 24.3 Å². The van der Waals surface area contributed by atoms with Gasteiger partial charge in [-0.05, 0) is 43.9 Å². The van der Waals surface area contributed by atoms with E-state index >= 15 is 0 Å². The number of rotatable bonds is 9. The first-order chi connectivity index (χ1) is 12.6. The van der Waals surface area contributed by atoms with Gasteiger partial charge in [-0.15, -0.1) is 12.4 Å². The first-order valence-electron chi connectivity index (χ1n) is 10.1. The van der Waals surface area contributed by atoms with Crippen LogP contribution in [0.4, 0.5) is 0 Å². The number of amides is 1. The highest BCUT2D eigenvalue weighted by molar-refractivity contribution is 5.89. The lowest BCUT2D eigenvalue weighted by molar-refractivity contribution is -0.171. The van der Waals surface area contributed by atoms with Crippen LogP contribution in [0.15, 0.2) is 24.3 Å². The molecule has 0 aliphatic heterocycles. The van der Waals surface area contributed by atoms with E-state index in [4.69, 9.17) is 15.2 Å². The van der Waals surface area contributed by atoms with Gasteiger partial charge in [0.05, 0.1) is 18.8 Å². The van der Waals surface area contributed by atoms with Gasteiger partial charge < -0.3 is 20.5 Å². The van der Waals surface area contributed by atoms with Crippen molar-refractivity contribution in [1.29, 1.82) is 0 Å². The van der Waals surface area contributed by atoms with E-state index in [2.05, 4.69) is 19.2 Å². The van der Waals surface area contributed by atoms with Crippen molar-refractivity contribution in [2.45, 2.75) is 72.1 Å². The number of nitrogens with two attached hydrogens (primary N) is 1. The largest absolute Gasteiger partial charge is 0.494 e. The van der Waals surface area contributed by atoms with E-state index in [0.29, 0.717) is 18.9 Å². The number of ether oxygens (including phenoxy) is 2. The molecule has 0 saturated heterocycles. The molecule has 5 nitrogen and oxygen atoms in total. The van der Waals surface area contributed by atoms with Gasteiger partial charge in [0.25, 0.3) is 0 Å². The zero-order chi connectivity index (χ0) is 20.2. The number of halogens is 1. The van der Waals surface area contributed by atoms with Crippen molar-refractivity contribution in [2.24, 2.45) is 17.1 Å². The molecule has 1 saturated carbocycles. The predicted molar refractivity (Wildman–Crippen MR) is 116 cm³/mol. The quantitative estimate of drug-likeness (QED) is 0.636. The van der Waals surface area contributed by atoms with Gasteiger partial charge in [-0.2, -0.15) is 0 Å². The molecule has 1 aliphatic rings. The summed E-state index contributed by atoms with van der Waals surface area (Å²) in [7, 11) is 0. The summed E-state index contributed by atoms with van der Waals surface area (Å²) in [5, 5.41) is 3.07. The molecule has 160 valence electrons. The second kappa shape index (κ2) is 9.95. The van der Waals surface area contributed by atoms with Crippen LogP contribution in [0, 0.1) is 11.3 Å². The Labute approximate surface area is 176 Å². The van der Waals surface area contributed by atoms with Gasteiger partial charge in [0.1, 0.15) is 11.3 Å². The SMILES string of the molecule is CCOC1CC(N)(C(=O)NC(C)c2ccc(OCCC(C)C)cc2)C1(C)C.Cl. The summed E-state index contributed by atoms with van der Waals surface area (Å²) in [6.45, 7) is 13.7. The fraction of sp³-hybridized carbons (Fsp3) is 0.682. The van der Waals surface area contributed by atoms with Crippen LogP contribution < -0.4 is 15.8 Å². The maximum atomic E-state index is 12.9. The third kappa shape index (κ3) is 5.19. The van der Waals surface area contributed by atoms with E-state index in [1.54, 1.807) is 0 Å². The van der Waals surface area contributed by atoms with E-state index in [9.17, 15) is 4.79 Å². The zero-order valence-electron chi connectivity index (χ0n) is 18.1. The molecule has 28 heavy (non-hydrogen) atoms. The van der Waals surface area contributed by atoms with Crippen molar-refractivity contribution >= 4 is 18.3 Å². The molecule has 3 atom stereocenters. The van der Waals surface area contributed by atoms with Crippen LogP contribution in [0.1, 0.15) is 66.0 Å². The van der Waals surface area contributed by atoms with Crippen LogP contribution in [0.2, 0.25) is 0 Å². The monoisotopic (exact) mass is 412 g/mol. The molecule has 3 unspecified atom stereocenters. The first-order valence-corrected chi connectivity index (χ1v) is 10.1. The van der Waals surface area contributed by atoms with Crippen molar-refractivity contribution in [1.82, 2.24) is 5.32 Å². The second-order valence-electron chi connectivity index (χ2n) is 8.64. The third-order valence-electron chi connectivity index (χ3n) is 5.93. The fourth-order valence-corrected chi connectivity index (χ4v) is 3.49. The normalized spacial score (nSPS) is 24.1. The summed E-state index contributed by atoms with van der Waals surface area (Å²) < 4.78 is 11.5. The molecule has 0 spiro atoms. The Balaban J connectivity index is 0.00000392. The van der Waals surface area contributed by atoms with Gasteiger partial charge in [-0.1, -0.05) is 39.8 Å². The van der Waals surface area contributed by atoms with Crippen LogP contribution in [0.3, 0.4) is 0 Å². The number of carbonyl (C=O) groups excluding carboxylic acids is 1. The van der Waals surface area contributed by atoms with Crippen molar-refractivity contribution in [2.75, 3.05) is 13.2 Å². The van der Waals surface area contributed by atoms with E-state index in [1.165, 1.54) is 0 Å². The van der Waals surface area contributed by atoms with Gasteiger partial charge >= 0.3 is 0 Å². The highest BCUT2D eigenvalue weighted by atomic mass is 35.5. The minimum atomic E-state index is -0.902. The smallest absolute Gasteiger partial charge is 0.241 e. The van der Waals surface area contributed by atoms with Gasteiger partial charge in [-0.25, -0.2) is 0 Å². The Morgan fingerprint density at radius 1 is 1.25 bits per heavy atom. The number of hydrogen-bond acceptors (Lipinski definition) is 4. The summed E-state index contributed by atoms with van der Waals surface area (Å²) in [5.41, 5.74) is 6.20. The third-order valence-corrected chi connectivity index (χ3v) is 5.93. The molecule has 1 aromatic carbocycles. The number of hydrogen-bond donors (Lipinski definition) is 2. The molecule has 6 heteroatoms. The average Bonchev–Trinajstić information content (AvgIpc) is 2.61. The molecule has 3 N–H and O–H groups in total. The van der Waals surface area contributed by atoms with E-state index < -0.39 is 5.54 Å². The number of carbonyl (C=O) groups is 1. The van der Waals surface area contributed by atoms with E-state index in [-0.39, 0.29) is 35.9 Å². The number of nitrogens with one attached hydrogen (secondary N) is 1. The molecule has 0 heterocycles. The van der Waals surface area contributed by atoms with Crippen molar-refractivity contribution in [3.8, 4) is 5.75 Å². The topological polar surface area (TPSA) is 73.6 Å². The lowest BCUT2D eigenvalue weighted by Gasteiger charge is -2.57. The summed E-state index contributed by atoms with van der Waals surface area (Å²) in [6, 6.07) is 7.77. The summed E-state index contributed by atoms with van der Waals surface area (Å²) in [5.74, 6) is 1.36. The molecule has 2 rings (SSSR count). The summed E-state index contributed by atoms with van der Waals surface area (Å²) >= 11 is 0. The van der Waals surface area contributed by atoms with Gasteiger partial charge in [-0.3, -0.25) is 4.79 Å². The lowest BCUT2D eigenvalue weighted by atomic mass is 9.54. The van der Waals surface area contributed by atoms with Crippen LogP contribution in [-0.4, -0.2) is 30.8 Å². The molecule has 1 aromatic rings. The van der Waals surface area contributed by atoms with E-state index in [1.807, 2.05) is 52.0 Å². The Morgan fingerprint density at radius 2 is 1.86 bits per heavy atom. The lowest BCUT2D eigenvalue weighted by Crippen LogP contribution is -2.75. The Hall–Kier alpha value is -1.30. The van der Waals surface area contributed by atoms with Crippen molar-refractivity contribution in [3.05, 3.63) is 29.8 Å². The maximum absolute atomic E-state index is 12.9. The Kier molecular flexibility index (Phi) is 8.79. The second-order valence-corrected chi connectivity index (χ2v) is 8.64. The minimum Gasteiger partial charge on any atom is -0.494 e. The summed E-state index contributed by atoms with van der Waals surface area (Å²) in [6.07, 6.45) is 1.61. The van der Waals surface area contributed by atoms with Crippen molar-refractivity contribution in [3.63, 3.8) is 0 Å². The summed E-state index contributed by atoms with van der Waals surface area (Å²) in [4.78, 5) is 12.9. The van der Waals surface area contributed by atoms with Crippen LogP contribution in [0.25, 0.3) is 0 Å². The molecule has 1 fully saturated rings. The molecule has 0 radical (unpaired) electrons. The molecule has 1 aliphatic carbocycles. The Morgan fingerprint density at radius 3 is 2.36 bits per heavy atom. The Bertz CT molecular complexity index is 633. The average molecular weight is 413 g/mol. The standard InChI is InChI=1S/C22H36N2O3.ClH/c1-7-26-19-14-22(23,21(19,5)6)20(25)24-16(4)17-8-10-18(11-9-17)27-13-12-15(2)3;/h8-11,15-16,19H,7,12-14,23H2,1-6H3,(H,24,25);1H. The predicted octanol–water partition coefficient (Wildman–Crippen LogP) is 4.24. The van der Waals surface area contributed by atoms with Crippen LogP contribution in [0.5, 0.6) is 5.75 Å². The molecule has 1 amide bonds. The van der Waals surface area contributed by atoms with Crippen LogP contribution in [-0.2, 0) is 9.53 Å². The molecule has 0 bridgehead atoms. The van der Waals surface area contributed by atoms with Gasteiger partial charge in [0, 0.05) is 18.4 Å². The van der Waals surface area contributed by atoms with Gasteiger partial charge in [0.2, 0.25) is 5.91 Å². The zero-order valence-corrected chi connectivity index (χ0v) is 18.9. The molecular weight excluding hydrogens is 376 g/mol.